The van der Waals surface area contributed by atoms with Crippen molar-refractivity contribution in [2.45, 2.75) is 23.6 Å². The van der Waals surface area contributed by atoms with Gasteiger partial charge in [-0.15, -0.1) is 0 Å². The van der Waals surface area contributed by atoms with E-state index in [1.807, 2.05) is 12.1 Å². The van der Waals surface area contributed by atoms with Gasteiger partial charge in [0.1, 0.15) is 0 Å². The highest BCUT2D eigenvalue weighted by Crippen LogP contribution is 2.37. The first-order valence-electron chi connectivity index (χ1n) is 7.95. The Bertz CT molecular complexity index is 666. The molecule has 0 aromatic heterocycles. The third kappa shape index (κ3) is 3.42. The Kier molecular flexibility index (Phi) is 4.12. The number of piperazine rings is 1. The minimum Gasteiger partial charge on any atom is -0.368 e. The Morgan fingerprint density at radius 1 is 1.10 bits per heavy atom. The fourth-order valence-electron chi connectivity index (χ4n) is 2.67. The van der Waals surface area contributed by atoms with Crippen molar-refractivity contribution in [3.63, 3.8) is 0 Å². The van der Waals surface area contributed by atoms with Crippen LogP contribution in [-0.4, -0.2) is 26.2 Å². The van der Waals surface area contributed by atoms with Crippen LogP contribution in [0.2, 0.25) is 0 Å². The molecule has 0 aliphatic carbocycles. The van der Waals surface area contributed by atoms with E-state index in [1.165, 1.54) is 21.7 Å². The largest absolute Gasteiger partial charge is 0.368 e. The third-order valence-corrected chi connectivity index (χ3v) is 5.01. The highest BCUT2D eigenvalue weighted by atomic mass is 32.2. The Hall–Kier alpha value is -1.45. The summed E-state index contributed by atoms with van der Waals surface area (Å²) in [6, 6.07) is 13.2. The van der Waals surface area contributed by atoms with E-state index in [2.05, 4.69) is 48.3 Å². The van der Waals surface area contributed by atoms with Gasteiger partial charge in [0.25, 0.3) is 0 Å². The monoisotopic (exact) mass is 299 g/mol. The summed E-state index contributed by atoms with van der Waals surface area (Å²) >= 11 is 1.72. The fraction of sp³-hybridized carbons (Fsp3) is 0.333. The summed E-state index contributed by atoms with van der Waals surface area (Å²) < 4.78 is 8.33. The minimum atomic E-state index is 0.612. The fourth-order valence-corrected chi connectivity index (χ4v) is 3.68. The van der Waals surface area contributed by atoms with Crippen molar-refractivity contribution >= 4 is 17.4 Å². The van der Waals surface area contributed by atoms with Crippen molar-refractivity contribution in [3.05, 3.63) is 53.6 Å². The molecule has 2 aromatic carbocycles. The molecule has 0 radical (unpaired) electrons. The molecule has 1 aliphatic heterocycles. The average molecular weight is 299 g/mol. The molecule has 21 heavy (non-hydrogen) atoms. The van der Waals surface area contributed by atoms with E-state index in [1.54, 1.807) is 11.8 Å². The molecule has 1 saturated heterocycles. The summed E-state index contributed by atoms with van der Waals surface area (Å²) in [5.74, 6) is 0. The first kappa shape index (κ1) is 13.2. The van der Waals surface area contributed by atoms with Crippen molar-refractivity contribution in [3.8, 4) is 0 Å². The number of rotatable bonds is 3. The van der Waals surface area contributed by atoms with E-state index >= 15 is 0 Å². The van der Waals surface area contributed by atoms with Gasteiger partial charge in [-0.25, -0.2) is 0 Å². The highest BCUT2D eigenvalue weighted by molar-refractivity contribution is 7.99. The van der Waals surface area contributed by atoms with Crippen LogP contribution in [-0.2, 0) is 0 Å². The SMILES string of the molecule is [2H]c1cccc(N2CCNCC2)c1Sc1ccc(C)cc1C. The van der Waals surface area contributed by atoms with Crippen LogP contribution in [0.25, 0.3) is 0 Å². The summed E-state index contributed by atoms with van der Waals surface area (Å²) in [4.78, 5) is 4.69. The van der Waals surface area contributed by atoms with Gasteiger partial charge in [-0.2, -0.15) is 0 Å². The second kappa shape index (κ2) is 6.54. The van der Waals surface area contributed by atoms with Gasteiger partial charge in [0, 0.05) is 36.0 Å². The molecule has 2 nitrogen and oxygen atoms in total. The van der Waals surface area contributed by atoms with Crippen molar-refractivity contribution in [1.29, 1.82) is 0 Å². The molecule has 3 rings (SSSR count). The standard InChI is InChI=1S/C18H22N2S/c1-14-7-8-17(15(2)13-14)21-18-6-4-3-5-16(18)20-11-9-19-10-12-20/h3-8,13,19H,9-12H2,1-2H3/i6D. The molecule has 0 saturated carbocycles. The minimum absolute atomic E-state index is 0.612. The topological polar surface area (TPSA) is 15.3 Å². The molecular weight excluding hydrogens is 276 g/mol. The van der Waals surface area contributed by atoms with Gasteiger partial charge < -0.3 is 10.2 Å². The van der Waals surface area contributed by atoms with E-state index in [9.17, 15) is 0 Å². The van der Waals surface area contributed by atoms with Crippen LogP contribution >= 0.6 is 11.8 Å². The van der Waals surface area contributed by atoms with Gasteiger partial charge in [0.05, 0.1) is 7.06 Å². The van der Waals surface area contributed by atoms with Gasteiger partial charge >= 0.3 is 0 Å². The number of nitrogens with one attached hydrogen (secondary N) is 1. The van der Waals surface area contributed by atoms with Gasteiger partial charge in [0.2, 0.25) is 0 Å². The van der Waals surface area contributed by atoms with Gasteiger partial charge in [-0.1, -0.05) is 41.6 Å². The number of para-hydroxylation sites is 1. The number of hydrogen-bond donors (Lipinski definition) is 1. The molecule has 0 unspecified atom stereocenters. The average Bonchev–Trinajstić information content (AvgIpc) is 2.52. The second-order valence-electron chi connectivity index (χ2n) is 5.49. The quantitative estimate of drug-likeness (QED) is 0.926. The second-order valence-corrected chi connectivity index (χ2v) is 6.54. The van der Waals surface area contributed by atoms with E-state index in [4.69, 9.17) is 1.37 Å². The Morgan fingerprint density at radius 3 is 2.67 bits per heavy atom. The van der Waals surface area contributed by atoms with Crippen LogP contribution in [0, 0.1) is 13.8 Å². The number of nitrogens with zero attached hydrogens (tertiary/aromatic N) is 1. The molecule has 3 heteroatoms. The van der Waals surface area contributed by atoms with Crippen molar-refractivity contribution in [1.82, 2.24) is 5.32 Å². The predicted molar refractivity (Wildman–Crippen MR) is 91.6 cm³/mol. The Balaban J connectivity index is 1.95. The Morgan fingerprint density at radius 2 is 1.90 bits per heavy atom. The summed E-state index contributed by atoms with van der Waals surface area (Å²) in [6.45, 7) is 8.29. The van der Waals surface area contributed by atoms with Gasteiger partial charge in [0.15, 0.2) is 0 Å². The number of anilines is 1. The van der Waals surface area contributed by atoms with Crippen molar-refractivity contribution < 1.29 is 1.37 Å². The summed E-state index contributed by atoms with van der Waals surface area (Å²) in [5.41, 5.74) is 3.75. The smallest absolute Gasteiger partial charge is 0.0635 e. The summed E-state index contributed by atoms with van der Waals surface area (Å²) in [5, 5.41) is 3.39. The van der Waals surface area contributed by atoms with Gasteiger partial charge in [-0.05, 0) is 37.6 Å². The van der Waals surface area contributed by atoms with E-state index in [0.717, 1.165) is 31.1 Å². The molecule has 1 aliphatic rings. The highest BCUT2D eigenvalue weighted by Gasteiger charge is 2.14. The lowest BCUT2D eigenvalue weighted by atomic mass is 10.2. The lowest BCUT2D eigenvalue weighted by molar-refractivity contribution is 0.587. The maximum Gasteiger partial charge on any atom is 0.0635 e. The summed E-state index contributed by atoms with van der Waals surface area (Å²) in [7, 11) is 0. The zero-order valence-corrected chi connectivity index (χ0v) is 13.5. The lowest BCUT2D eigenvalue weighted by Crippen LogP contribution is -2.43. The van der Waals surface area contributed by atoms with E-state index in [0.29, 0.717) is 6.04 Å². The molecule has 1 heterocycles. The van der Waals surface area contributed by atoms with E-state index in [-0.39, 0.29) is 0 Å². The molecule has 1 fully saturated rings. The number of hydrogen-bond acceptors (Lipinski definition) is 3. The molecule has 1 N–H and O–H groups in total. The molecular formula is C18H22N2S. The van der Waals surface area contributed by atoms with Crippen molar-refractivity contribution in [2.24, 2.45) is 0 Å². The molecule has 2 aromatic rings. The van der Waals surface area contributed by atoms with Crippen molar-refractivity contribution in [2.75, 3.05) is 31.1 Å². The Labute approximate surface area is 133 Å². The zero-order valence-electron chi connectivity index (χ0n) is 13.6. The summed E-state index contributed by atoms with van der Waals surface area (Å²) in [6.07, 6.45) is 0. The maximum atomic E-state index is 8.33. The first-order chi connectivity index (χ1) is 10.6. The number of aryl methyl sites for hydroxylation is 2. The van der Waals surface area contributed by atoms with E-state index < -0.39 is 0 Å². The zero-order chi connectivity index (χ0) is 15.5. The van der Waals surface area contributed by atoms with Crippen LogP contribution in [0.5, 0.6) is 0 Å². The van der Waals surface area contributed by atoms with Crippen LogP contribution in [0.15, 0.2) is 52.2 Å². The normalized spacial score (nSPS) is 15.9. The maximum absolute atomic E-state index is 8.33. The van der Waals surface area contributed by atoms with Crippen LogP contribution < -0.4 is 10.2 Å². The lowest BCUT2D eigenvalue weighted by Gasteiger charge is -2.31. The van der Waals surface area contributed by atoms with Crippen LogP contribution in [0.3, 0.4) is 0 Å². The molecule has 0 atom stereocenters. The molecule has 110 valence electrons. The third-order valence-electron chi connectivity index (χ3n) is 3.80. The number of benzene rings is 2. The molecule has 0 bridgehead atoms. The first-order valence-corrected chi connectivity index (χ1v) is 8.27. The van der Waals surface area contributed by atoms with Crippen LogP contribution in [0.1, 0.15) is 12.5 Å². The molecule has 0 amide bonds. The molecule has 0 spiro atoms. The predicted octanol–water partition coefficient (Wildman–Crippen LogP) is 3.86. The van der Waals surface area contributed by atoms with Gasteiger partial charge in [-0.3, -0.25) is 0 Å². The van der Waals surface area contributed by atoms with Crippen LogP contribution in [0.4, 0.5) is 5.69 Å².